The first-order valence-corrected chi connectivity index (χ1v) is 7.52. The number of hydrogen-bond acceptors (Lipinski definition) is 2. The topological polar surface area (TPSA) is 29.5 Å². The van der Waals surface area contributed by atoms with Gasteiger partial charge in [-0.3, -0.25) is 4.79 Å². The predicted octanol–water partition coefficient (Wildman–Crippen LogP) is 4.53. The molecule has 2 aromatic carbocycles. The Morgan fingerprint density at radius 2 is 1.91 bits per heavy atom. The van der Waals surface area contributed by atoms with E-state index in [1.54, 1.807) is 6.08 Å². The van der Waals surface area contributed by atoms with Crippen molar-refractivity contribution >= 4 is 23.3 Å². The maximum absolute atomic E-state index is 14.1. The first-order chi connectivity index (χ1) is 10.9. The summed E-state index contributed by atoms with van der Waals surface area (Å²) in [6, 6.07) is 13.7. The number of hydroxylamine groups is 2. The average molecular weight is 332 g/mol. The van der Waals surface area contributed by atoms with Crippen LogP contribution in [0, 0.1) is 5.82 Å². The molecule has 0 aliphatic carbocycles. The number of amides is 1. The lowest BCUT2D eigenvalue weighted by molar-refractivity contribution is -0.174. The van der Waals surface area contributed by atoms with Crippen molar-refractivity contribution in [1.29, 1.82) is 0 Å². The molecule has 1 amide bonds. The summed E-state index contributed by atoms with van der Waals surface area (Å²) in [5, 5.41) is 1.64. The highest BCUT2D eigenvalue weighted by Gasteiger charge is 2.42. The van der Waals surface area contributed by atoms with Gasteiger partial charge in [0.25, 0.3) is 5.91 Å². The number of nitrogens with zero attached hydrogens (tertiary/aromatic N) is 1. The maximum atomic E-state index is 14.1. The lowest BCUT2D eigenvalue weighted by Crippen LogP contribution is -2.41. The Bertz CT molecular complexity index is 791. The van der Waals surface area contributed by atoms with Gasteiger partial charge in [0, 0.05) is 11.9 Å². The van der Waals surface area contributed by atoms with Crippen molar-refractivity contribution in [1.82, 2.24) is 5.06 Å². The highest BCUT2D eigenvalue weighted by Crippen LogP contribution is 2.41. The van der Waals surface area contributed by atoms with Gasteiger partial charge in [-0.1, -0.05) is 41.9 Å². The third kappa shape index (κ3) is 2.70. The first-order valence-electron chi connectivity index (χ1n) is 7.14. The summed E-state index contributed by atoms with van der Waals surface area (Å²) in [4.78, 5) is 17.7. The minimum atomic E-state index is -0.822. The van der Waals surface area contributed by atoms with Gasteiger partial charge in [-0.25, -0.2) is 4.39 Å². The molecule has 118 valence electrons. The van der Waals surface area contributed by atoms with E-state index in [1.165, 1.54) is 30.2 Å². The molecule has 0 bridgehead atoms. The van der Waals surface area contributed by atoms with E-state index in [-0.39, 0.29) is 17.2 Å². The van der Waals surface area contributed by atoms with E-state index < -0.39 is 11.4 Å². The van der Waals surface area contributed by atoms with Crippen molar-refractivity contribution < 1.29 is 14.0 Å². The molecule has 0 spiro atoms. The normalized spacial score (nSPS) is 20.2. The Balaban J connectivity index is 2.12. The first kappa shape index (κ1) is 15.6. The van der Waals surface area contributed by atoms with Crippen LogP contribution in [0.15, 0.2) is 54.6 Å². The zero-order valence-corrected chi connectivity index (χ0v) is 13.5. The molecule has 23 heavy (non-hydrogen) atoms. The van der Waals surface area contributed by atoms with Crippen LogP contribution in [0.25, 0.3) is 5.76 Å². The van der Waals surface area contributed by atoms with E-state index in [2.05, 4.69) is 0 Å². The van der Waals surface area contributed by atoms with E-state index in [1.807, 2.05) is 37.3 Å². The summed E-state index contributed by atoms with van der Waals surface area (Å²) in [5.74, 6) is -0.460. The van der Waals surface area contributed by atoms with Crippen molar-refractivity contribution in [2.75, 3.05) is 0 Å². The molecule has 0 saturated heterocycles. The highest BCUT2D eigenvalue weighted by molar-refractivity contribution is 6.30. The van der Waals surface area contributed by atoms with Crippen LogP contribution < -0.4 is 0 Å². The lowest BCUT2D eigenvalue weighted by atomic mass is 9.90. The molecule has 1 unspecified atom stereocenters. The van der Waals surface area contributed by atoms with Gasteiger partial charge in [-0.05, 0) is 36.8 Å². The Kier molecular flexibility index (Phi) is 3.86. The minimum Gasteiger partial charge on any atom is -0.375 e. The van der Waals surface area contributed by atoms with Crippen LogP contribution >= 0.6 is 11.6 Å². The summed E-state index contributed by atoms with van der Waals surface area (Å²) in [6.07, 6.45) is 1.73. The minimum absolute atomic E-state index is 0.225. The molecule has 1 heterocycles. The van der Waals surface area contributed by atoms with E-state index in [9.17, 15) is 9.18 Å². The van der Waals surface area contributed by atoms with Crippen molar-refractivity contribution in [3.05, 3.63) is 76.6 Å². The molecule has 5 heteroatoms. The van der Waals surface area contributed by atoms with Crippen molar-refractivity contribution in [2.45, 2.75) is 19.4 Å². The van der Waals surface area contributed by atoms with Crippen LogP contribution in [0.1, 0.15) is 25.0 Å². The Morgan fingerprint density at radius 3 is 2.57 bits per heavy atom. The molecule has 1 atom stereocenters. The summed E-state index contributed by atoms with van der Waals surface area (Å²) in [7, 11) is 0. The number of benzene rings is 2. The van der Waals surface area contributed by atoms with Gasteiger partial charge in [0.2, 0.25) is 0 Å². The van der Waals surface area contributed by atoms with Crippen molar-refractivity contribution in [3.63, 3.8) is 0 Å². The lowest BCUT2D eigenvalue weighted by Gasteiger charge is -2.31. The molecule has 0 saturated carbocycles. The Labute approximate surface area is 138 Å². The maximum Gasteiger partial charge on any atom is 0.253 e. The zero-order chi connectivity index (χ0) is 16.6. The van der Waals surface area contributed by atoms with Gasteiger partial charge in [-0.2, -0.15) is 5.06 Å². The third-order valence-corrected chi connectivity index (χ3v) is 4.10. The van der Waals surface area contributed by atoms with Crippen LogP contribution in [0.2, 0.25) is 5.02 Å². The molecular formula is C18H15ClFNO2. The molecule has 1 aliphatic rings. The monoisotopic (exact) mass is 331 g/mol. The molecule has 1 aliphatic heterocycles. The number of carbonyl (C=O) groups is 1. The van der Waals surface area contributed by atoms with Crippen molar-refractivity contribution in [2.24, 2.45) is 0 Å². The Morgan fingerprint density at radius 1 is 1.22 bits per heavy atom. The number of carbonyl (C=O) groups excluding carboxylic acids is 1. The van der Waals surface area contributed by atoms with Gasteiger partial charge in [0.1, 0.15) is 11.4 Å². The standard InChI is InChI=1S/C18H15ClFNO2/c1-12(22)21-18(2,13-6-4-3-5-7-13)11-17(23-21)15-10-14(19)8-9-16(15)20/h3-11H,1-2H3. The fourth-order valence-electron chi connectivity index (χ4n) is 2.71. The molecule has 0 aromatic heterocycles. The van der Waals surface area contributed by atoms with Crippen LogP contribution in [-0.4, -0.2) is 11.0 Å². The van der Waals surface area contributed by atoms with Gasteiger partial charge in [0.15, 0.2) is 5.76 Å². The van der Waals surface area contributed by atoms with Gasteiger partial charge >= 0.3 is 0 Å². The highest BCUT2D eigenvalue weighted by atomic mass is 35.5. The fourth-order valence-corrected chi connectivity index (χ4v) is 2.89. The molecule has 3 nitrogen and oxygen atoms in total. The fraction of sp³-hybridized carbons (Fsp3) is 0.167. The molecule has 3 rings (SSSR count). The van der Waals surface area contributed by atoms with E-state index >= 15 is 0 Å². The van der Waals surface area contributed by atoms with Gasteiger partial charge < -0.3 is 4.84 Å². The number of halogens is 2. The van der Waals surface area contributed by atoms with E-state index in [4.69, 9.17) is 16.4 Å². The summed E-state index contributed by atoms with van der Waals surface area (Å²) in [6.45, 7) is 3.26. The molecule has 2 aromatic rings. The van der Waals surface area contributed by atoms with Crippen LogP contribution in [0.3, 0.4) is 0 Å². The molecule has 0 fully saturated rings. The quantitative estimate of drug-likeness (QED) is 0.809. The summed E-state index contributed by atoms with van der Waals surface area (Å²) >= 11 is 5.95. The molecule has 0 N–H and O–H groups in total. The second kappa shape index (κ2) is 5.70. The Hall–Kier alpha value is -2.33. The van der Waals surface area contributed by atoms with E-state index in [0.29, 0.717) is 5.02 Å². The zero-order valence-electron chi connectivity index (χ0n) is 12.7. The van der Waals surface area contributed by atoms with Crippen LogP contribution in [0.5, 0.6) is 0 Å². The molecule has 0 radical (unpaired) electrons. The average Bonchev–Trinajstić information content (AvgIpc) is 2.90. The second-order valence-corrected chi connectivity index (χ2v) is 5.99. The van der Waals surface area contributed by atoms with Crippen molar-refractivity contribution in [3.8, 4) is 0 Å². The largest absolute Gasteiger partial charge is 0.375 e. The number of hydrogen-bond donors (Lipinski definition) is 0. The molecular weight excluding hydrogens is 317 g/mol. The summed E-state index contributed by atoms with van der Waals surface area (Å²) < 4.78 is 14.1. The predicted molar refractivity (Wildman–Crippen MR) is 86.8 cm³/mol. The second-order valence-electron chi connectivity index (χ2n) is 5.55. The smallest absolute Gasteiger partial charge is 0.253 e. The number of rotatable bonds is 2. The third-order valence-electron chi connectivity index (χ3n) is 3.86. The summed E-state index contributed by atoms with van der Waals surface area (Å²) in [5.41, 5.74) is 0.271. The van der Waals surface area contributed by atoms with Crippen LogP contribution in [0.4, 0.5) is 4.39 Å². The van der Waals surface area contributed by atoms with E-state index in [0.717, 1.165) is 5.56 Å². The van der Waals surface area contributed by atoms with Crippen LogP contribution in [-0.2, 0) is 15.2 Å². The van der Waals surface area contributed by atoms with Gasteiger partial charge in [0.05, 0.1) is 5.56 Å². The van der Waals surface area contributed by atoms with Gasteiger partial charge in [-0.15, -0.1) is 0 Å². The SMILES string of the molecule is CC(=O)N1OC(c2cc(Cl)ccc2F)=CC1(C)c1ccccc1.